The molecule has 0 amide bonds. The molecule has 0 aromatic rings. The van der Waals surface area contributed by atoms with E-state index in [4.69, 9.17) is 0 Å². The van der Waals surface area contributed by atoms with Crippen LogP contribution in [0.1, 0.15) is 150 Å². The summed E-state index contributed by atoms with van der Waals surface area (Å²) in [6.07, 6.45) is 22.3. The first-order valence-corrected chi connectivity index (χ1v) is 12.1. The van der Waals surface area contributed by atoms with Crippen molar-refractivity contribution in [1.82, 2.24) is 0 Å². The summed E-state index contributed by atoms with van der Waals surface area (Å²) < 4.78 is 0. The number of rotatable bonds is 20. The summed E-state index contributed by atoms with van der Waals surface area (Å²) in [5.74, 6) is -0.855. The number of hydrogen-bond acceptors (Lipinski definition) is 4. The van der Waals surface area contributed by atoms with Crippen molar-refractivity contribution in [2.75, 3.05) is 0 Å². The first-order chi connectivity index (χ1) is 13.7. The van der Waals surface area contributed by atoms with Crippen LogP contribution in [0, 0.1) is 0 Å². The summed E-state index contributed by atoms with van der Waals surface area (Å²) in [6.45, 7) is 4.46. The second-order valence-corrected chi connectivity index (χ2v) is 8.07. The van der Waals surface area contributed by atoms with E-state index in [-0.39, 0.29) is 7.43 Å². The van der Waals surface area contributed by atoms with Gasteiger partial charge in [-0.15, -0.1) is 0 Å². The maximum Gasteiger partial charge on any atom is 0.355 e. The van der Waals surface area contributed by atoms with Gasteiger partial charge in [0.2, 0.25) is 0 Å². The standard InChI is InChI=1S/C24H46O4.CH4/c1-3-5-7-9-11-13-15-17-19-21-23(25)27-28-24(26)22-20-18-16-14-12-10-8-6-4-2;/h3-22H2,1-2H3;1H4. The largest absolute Gasteiger partial charge is 0.355 e. The first kappa shape index (κ1) is 30.1. The van der Waals surface area contributed by atoms with Crippen LogP contribution in [0.4, 0.5) is 0 Å². The van der Waals surface area contributed by atoms with Crippen molar-refractivity contribution in [1.29, 1.82) is 0 Å². The van der Waals surface area contributed by atoms with Crippen molar-refractivity contribution < 1.29 is 19.4 Å². The van der Waals surface area contributed by atoms with Crippen molar-refractivity contribution in [3.05, 3.63) is 0 Å². The van der Waals surface area contributed by atoms with Gasteiger partial charge in [-0.3, -0.25) is 0 Å². The average Bonchev–Trinajstić information content (AvgIpc) is 2.69. The second-order valence-electron chi connectivity index (χ2n) is 8.07. The SMILES string of the molecule is C.CCCCCCCCCCCC(=O)OOC(=O)CCCCCCCCCCC. The lowest BCUT2D eigenvalue weighted by Gasteiger charge is -2.04. The normalized spacial score (nSPS) is 10.4. The van der Waals surface area contributed by atoms with E-state index in [1.54, 1.807) is 0 Å². The van der Waals surface area contributed by atoms with Gasteiger partial charge < -0.3 is 0 Å². The fraction of sp³-hybridized carbons (Fsp3) is 0.920. The number of hydrogen-bond donors (Lipinski definition) is 0. The van der Waals surface area contributed by atoms with E-state index in [0.29, 0.717) is 12.8 Å². The lowest BCUT2D eigenvalue weighted by molar-refractivity contribution is -0.259. The summed E-state index contributed by atoms with van der Waals surface area (Å²) in [5.41, 5.74) is 0. The zero-order valence-electron chi connectivity index (χ0n) is 18.8. The molecule has 0 aromatic carbocycles. The molecule has 0 radical (unpaired) electrons. The summed E-state index contributed by atoms with van der Waals surface area (Å²) in [7, 11) is 0. The Kier molecular flexibility index (Phi) is 26.0. The number of carbonyl (C=O) groups is 2. The van der Waals surface area contributed by atoms with Crippen LogP contribution in [0.15, 0.2) is 0 Å². The molecule has 0 aromatic heterocycles. The zero-order chi connectivity index (χ0) is 20.7. The highest BCUT2D eigenvalue weighted by Crippen LogP contribution is 2.12. The van der Waals surface area contributed by atoms with E-state index in [1.165, 1.54) is 77.0 Å². The molecule has 4 nitrogen and oxygen atoms in total. The van der Waals surface area contributed by atoms with Crippen LogP contribution in [0.3, 0.4) is 0 Å². The molecule has 0 fully saturated rings. The fourth-order valence-corrected chi connectivity index (χ4v) is 3.34. The van der Waals surface area contributed by atoms with Crippen molar-refractivity contribution in [3.63, 3.8) is 0 Å². The number of unbranched alkanes of at least 4 members (excludes halogenated alkanes) is 16. The third-order valence-corrected chi connectivity index (χ3v) is 5.20. The molecule has 0 spiro atoms. The maximum atomic E-state index is 11.6. The molecule has 0 unspecified atom stereocenters. The molecule has 29 heavy (non-hydrogen) atoms. The van der Waals surface area contributed by atoms with Crippen LogP contribution >= 0.6 is 0 Å². The first-order valence-electron chi connectivity index (χ1n) is 12.1. The molecule has 0 aliphatic heterocycles. The Hall–Kier alpha value is -1.06. The Morgan fingerprint density at radius 3 is 0.966 bits per heavy atom. The molecule has 4 heteroatoms. The Bertz CT molecular complexity index is 321. The van der Waals surface area contributed by atoms with E-state index in [0.717, 1.165) is 38.5 Å². The molecule has 0 saturated carbocycles. The maximum absolute atomic E-state index is 11.6. The Balaban J connectivity index is 0. The highest BCUT2D eigenvalue weighted by Gasteiger charge is 2.09. The molecular weight excluding hydrogens is 364 g/mol. The minimum Gasteiger partial charge on any atom is -0.247 e. The lowest BCUT2D eigenvalue weighted by Crippen LogP contribution is -2.11. The van der Waals surface area contributed by atoms with Gasteiger partial charge in [0.25, 0.3) is 0 Å². The third kappa shape index (κ3) is 24.9. The van der Waals surface area contributed by atoms with Crippen molar-refractivity contribution in [3.8, 4) is 0 Å². The van der Waals surface area contributed by atoms with Gasteiger partial charge in [0.05, 0.1) is 12.8 Å². The lowest BCUT2D eigenvalue weighted by atomic mass is 10.1. The van der Waals surface area contributed by atoms with Gasteiger partial charge in [0.15, 0.2) is 0 Å². The minimum atomic E-state index is -0.427. The molecule has 0 bridgehead atoms. The fourth-order valence-electron chi connectivity index (χ4n) is 3.34. The molecule has 0 saturated heterocycles. The van der Waals surface area contributed by atoms with Crippen LogP contribution < -0.4 is 0 Å². The van der Waals surface area contributed by atoms with Crippen molar-refractivity contribution in [2.24, 2.45) is 0 Å². The smallest absolute Gasteiger partial charge is 0.247 e. The molecule has 0 heterocycles. The van der Waals surface area contributed by atoms with Gasteiger partial charge in [-0.2, -0.15) is 0 Å². The van der Waals surface area contributed by atoms with Crippen LogP contribution in [-0.4, -0.2) is 11.9 Å². The van der Waals surface area contributed by atoms with Crippen molar-refractivity contribution >= 4 is 11.9 Å². The summed E-state index contributed by atoms with van der Waals surface area (Å²) >= 11 is 0. The molecule has 0 aliphatic carbocycles. The molecular formula is C25H50O4. The average molecular weight is 415 g/mol. The van der Waals surface area contributed by atoms with Gasteiger partial charge in [-0.25, -0.2) is 19.4 Å². The Morgan fingerprint density at radius 1 is 0.448 bits per heavy atom. The highest BCUT2D eigenvalue weighted by atomic mass is 17.2. The van der Waals surface area contributed by atoms with Gasteiger partial charge in [-0.05, 0) is 12.8 Å². The molecule has 0 rings (SSSR count). The van der Waals surface area contributed by atoms with E-state index in [2.05, 4.69) is 23.6 Å². The van der Waals surface area contributed by atoms with E-state index < -0.39 is 11.9 Å². The van der Waals surface area contributed by atoms with E-state index in [9.17, 15) is 9.59 Å². The van der Waals surface area contributed by atoms with Gasteiger partial charge in [-0.1, -0.05) is 124 Å². The summed E-state index contributed by atoms with van der Waals surface area (Å²) in [5, 5.41) is 0. The Morgan fingerprint density at radius 2 is 0.690 bits per heavy atom. The third-order valence-electron chi connectivity index (χ3n) is 5.20. The van der Waals surface area contributed by atoms with Crippen molar-refractivity contribution in [2.45, 2.75) is 150 Å². The molecule has 0 aliphatic rings. The molecule has 174 valence electrons. The summed E-state index contributed by atoms with van der Waals surface area (Å²) in [4.78, 5) is 32.4. The Labute approximate surface area is 181 Å². The molecule has 0 N–H and O–H groups in total. The van der Waals surface area contributed by atoms with Gasteiger partial charge in [0.1, 0.15) is 0 Å². The van der Waals surface area contributed by atoms with Crippen LogP contribution in [0.25, 0.3) is 0 Å². The highest BCUT2D eigenvalue weighted by molar-refractivity contribution is 5.72. The van der Waals surface area contributed by atoms with Crippen LogP contribution in [-0.2, 0) is 19.4 Å². The summed E-state index contributed by atoms with van der Waals surface area (Å²) in [6, 6.07) is 0. The van der Waals surface area contributed by atoms with Crippen LogP contribution in [0.2, 0.25) is 0 Å². The predicted octanol–water partition coefficient (Wildman–Crippen LogP) is 8.47. The van der Waals surface area contributed by atoms with Crippen LogP contribution in [0.5, 0.6) is 0 Å². The molecule has 0 atom stereocenters. The second kappa shape index (κ2) is 25.0. The van der Waals surface area contributed by atoms with E-state index >= 15 is 0 Å². The topological polar surface area (TPSA) is 52.6 Å². The van der Waals surface area contributed by atoms with E-state index in [1.807, 2.05) is 0 Å². The zero-order valence-corrected chi connectivity index (χ0v) is 18.8. The minimum absolute atomic E-state index is 0. The monoisotopic (exact) mass is 414 g/mol. The number of carbonyl (C=O) groups excluding carboxylic acids is 2. The van der Waals surface area contributed by atoms with Gasteiger partial charge in [0, 0.05) is 0 Å². The quantitative estimate of drug-likeness (QED) is 0.114. The van der Waals surface area contributed by atoms with Gasteiger partial charge >= 0.3 is 11.9 Å². The predicted molar refractivity (Wildman–Crippen MR) is 123 cm³/mol.